The molecule has 1 unspecified atom stereocenters. The molecule has 0 saturated carbocycles. The van der Waals surface area contributed by atoms with Crippen molar-refractivity contribution in [2.24, 2.45) is 5.73 Å². The molecule has 0 aromatic carbocycles. The zero-order valence-corrected chi connectivity index (χ0v) is 8.36. The second kappa shape index (κ2) is 4.95. The zero-order valence-electron chi connectivity index (χ0n) is 8.36. The SMILES string of the molecule is CCOC(=O)C1CCCN1CC(N)=O. The van der Waals surface area contributed by atoms with Crippen molar-refractivity contribution in [3.63, 3.8) is 0 Å². The Bertz CT molecular complexity index is 230. The van der Waals surface area contributed by atoms with Gasteiger partial charge in [0, 0.05) is 0 Å². The minimum absolute atomic E-state index is 0.142. The van der Waals surface area contributed by atoms with Crippen molar-refractivity contribution in [2.75, 3.05) is 19.7 Å². The molecular formula is C9H16N2O3. The van der Waals surface area contributed by atoms with Crippen LogP contribution in [0.4, 0.5) is 0 Å². The van der Waals surface area contributed by atoms with Crippen LogP contribution in [0.2, 0.25) is 0 Å². The van der Waals surface area contributed by atoms with Crippen LogP contribution < -0.4 is 5.73 Å². The van der Waals surface area contributed by atoms with Gasteiger partial charge in [-0.1, -0.05) is 0 Å². The summed E-state index contributed by atoms with van der Waals surface area (Å²) in [5.74, 6) is -0.646. The first-order chi connectivity index (χ1) is 6.65. The van der Waals surface area contributed by atoms with E-state index in [0.717, 1.165) is 19.4 Å². The molecule has 1 rings (SSSR count). The molecule has 0 radical (unpaired) electrons. The number of primary amides is 1. The van der Waals surface area contributed by atoms with Crippen molar-refractivity contribution in [3.8, 4) is 0 Å². The molecule has 1 aliphatic heterocycles. The van der Waals surface area contributed by atoms with Gasteiger partial charge >= 0.3 is 5.97 Å². The number of nitrogens with zero attached hydrogens (tertiary/aromatic N) is 1. The van der Waals surface area contributed by atoms with Gasteiger partial charge in [0.1, 0.15) is 6.04 Å². The summed E-state index contributed by atoms with van der Waals surface area (Å²) in [7, 11) is 0. The molecule has 1 atom stereocenters. The lowest BCUT2D eigenvalue weighted by atomic mass is 10.2. The second-order valence-electron chi connectivity index (χ2n) is 3.35. The van der Waals surface area contributed by atoms with E-state index in [1.807, 2.05) is 0 Å². The summed E-state index contributed by atoms with van der Waals surface area (Å²) in [6.07, 6.45) is 1.67. The standard InChI is InChI=1S/C9H16N2O3/c1-2-14-9(13)7-4-3-5-11(7)6-8(10)12/h7H,2-6H2,1H3,(H2,10,12). The Balaban J connectivity index is 2.50. The van der Waals surface area contributed by atoms with Crippen LogP contribution in [-0.2, 0) is 14.3 Å². The lowest BCUT2D eigenvalue weighted by Gasteiger charge is -2.20. The lowest BCUT2D eigenvalue weighted by molar-refractivity contribution is -0.148. The molecule has 1 fully saturated rings. The lowest BCUT2D eigenvalue weighted by Crippen LogP contribution is -2.42. The molecule has 80 valence electrons. The van der Waals surface area contributed by atoms with E-state index >= 15 is 0 Å². The number of hydrogen-bond acceptors (Lipinski definition) is 4. The maximum atomic E-state index is 11.4. The minimum atomic E-state index is -0.402. The molecule has 1 amide bonds. The van der Waals surface area contributed by atoms with E-state index < -0.39 is 5.91 Å². The first kappa shape index (κ1) is 11.0. The summed E-state index contributed by atoms with van der Waals surface area (Å²) in [6, 6.07) is -0.276. The predicted molar refractivity (Wildman–Crippen MR) is 50.4 cm³/mol. The highest BCUT2D eigenvalue weighted by Crippen LogP contribution is 2.17. The first-order valence-electron chi connectivity index (χ1n) is 4.84. The number of carbonyl (C=O) groups is 2. The van der Waals surface area contributed by atoms with Gasteiger partial charge in [-0.3, -0.25) is 14.5 Å². The van der Waals surface area contributed by atoms with Crippen LogP contribution in [-0.4, -0.2) is 42.5 Å². The molecule has 5 heteroatoms. The molecule has 1 aliphatic rings. The molecule has 5 nitrogen and oxygen atoms in total. The number of nitrogens with two attached hydrogens (primary N) is 1. The molecule has 0 spiro atoms. The topological polar surface area (TPSA) is 72.6 Å². The van der Waals surface area contributed by atoms with E-state index in [1.54, 1.807) is 11.8 Å². The van der Waals surface area contributed by atoms with E-state index in [2.05, 4.69) is 0 Å². The van der Waals surface area contributed by atoms with Crippen molar-refractivity contribution in [1.82, 2.24) is 4.90 Å². The van der Waals surface area contributed by atoms with Crippen LogP contribution in [0.1, 0.15) is 19.8 Å². The summed E-state index contributed by atoms with van der Waals surface area (Å²) in [6.45, 7) is 3.03. The fraction of sp³-hybridized carbons (Fsp3) is 0.778. The van der Waals surface area contributed by atoms with Gasteiger partial charge in [-0.2, -0.15) is 0 Å². The van der Waals surface area contributed by atoms with Gasteiger partial charge in [0.2, 0.25) is 5.91 Å². The van der Waals surface area contributed by atoms with Crippen LogP contribution in [0.25, 0.3) is 0 Å². The number of ether oxygens (including phenoxy) is 1. The first-order valence-corrected chi connectivity index (χ1v) is 4.84. The van der Waals surface area contributed by atoms with Gasteiger partial charge in [-0.25, -0.2) is 0 Å². The van der Waals surface area contributed by atoms with Crippen LogP contribution in [0.3, 0.4) is 0 Å². The van der Waals surface area contributed by atoms with E-state index in [0.29, 0.717) is 6.61 Å². The second-order valence-corrected chi connectivity index (χ2v) is 3.35. The maximum Gasteiger partial charge on any atom is 0.323 e. The number of likely N-dealkylation sites (tertiary alicyclic amines) is 1. The Hall–Kier alpha value is -1.10. The van der Waals surface area contributed by atoms with Gasteiger partial charge in [0.05, 0.1) is 13.2 Å². The van der Waals surface area contributed by atoms with E-state index in [1.165, 1.54) is 0 Å². The van der Waals surface area contributed by atoms with E-state index in [9.17, 15) is 9.59 Å². The highest BCUT2D eigenvalue weighted by molar-refractivity contribution is 5.79. The molecule has 0 aliphatic carbocycles. The fourth-order valence-electron chi connectivity index (χ4n) is 1.72. The third kappa shape index (κ3) is 2.70. The van der Waals surface area contributed by atoms with Crippen molar-refractivity contribution < 1.29 is 14.3 Å². The van der Waals surface area contributed by atoms with E-state index in [4.69, 9.17) is 10.5 Å². The zero-order chi connectivity index (χ0) is 10.6. The van der Waals surface area contributed by atoms with Crippen molar-refractivity contribution in [3.05, 3.63) is 0 Å². The summed E-state index contributed by atoms with van der Waals surface area (Å²) >= 11 is 0. The van der Waals surface area contributed by atoms with Crippen LogP contribution >= 0.6 is 0 Å². The Morgan fingerprint density at radius 3 is 2.86 bits per heavy atom. The average molecular weight is 200 g/mol. The van der Waals surface area contributed by atoms with E-state index in [-0.39, 0.29) is 18.6 Å². The fourth-order valence-corrected chi connectivity index (χ4v) is 1.72. The monoisotopic (exact) mass is 200 g/mol. The average Bonchev–Trinajstić information content (AvgIpc) is 2.51. The minimum Gasteiger partial charge on any atom is -0.465 e. The predicted octanol–water partition coefficient (Wildman–Crippen LogP) is -0.501. The Kier molecular flexibility index (Phi) is 3.88. The molecule has 0 aromatic rings. The third-order valence-corrected chi connectivity index (χ3v) is 2.28. The Morgan fingerprint density at radius 2 is 2.29 bits per heavy atom. The molecule has 14 heavy (non-hydrogen) atoms. The molecule has 0 bridgehead atoms. The maximum absolute atomic E-state index is 11.4. The Labute approximate surface area is 83.2 Å². The van der Waals surface area contributed by atoms with Crippen LogP contribution in [0.15, 0.2) is 0 Å². The normalized spacial score (nSPS) is 22.2. The number of hydrogen-bond donors (Lipinski definition) is 1. The number of carbonyl (C=O) groups excluding carboxylic acids is 2. The van der Waals surface area contributed by atoms with Crippen LogP contribution in [0.5, 0.6) is 0 Å². The third-order valence-electron chi connectivity index (χ3n) is 2.28. The highest BCUT2D eigenvalue weighted by Gasteiger charge is 2.32. The van der Waals surface area contributed by atoms with Crippen molar-refractivity contribution in [1.29, 1.82) is 0 Å². The summed E-state index contributed by atoms with van der Waals surface area (Å²) in [4.78, 5) is 23.9. The molecule has 2 N–H and O–H groups in total. The summed E-state index contributed by atoms with van der Waals surface area (Å²) < 4.78 is 4.90. The molecular weight excluding hydrogens is 184 g/mol. The molecule has 1 saturated heterocycles. The quantitative estimate of drug-likeness (QED) is 0.621. The van der Waals surface area contributed by atoms with Gasteiger partial charge in [-0.15, -0.1) is 0 Å². The van der Waals surface area contributed by atoms with Crippen molar-refractivity contribution in [2.45, 2.75) is 25.8 Å². The number of esters is 1. The van der Waals surface area contributed by atoms with Gasteiger partial charge < -0.3 is 10.5 Å². The largest absolute Gasteiger partial charge is 0.465 e. The van der Waals surface area contributed by atoms with Gasteiger partial charge in [0.25, 0.3) is 0 Å². The van der Waals surface area contributed by atoms with Gasteiger partial charge in [-0.05, 0) is 26.3 Å². The highest BCUT2D eigenvalue weighted by atomic mass is 16.5. The summed E-state index contributed by atoms with van der Waals surface area (Å²) in [5, 5.41) is 0. The number of amides is 1. The summed E-state index contributed by atoms with van der Waals surface area (Å²) in [5.41, 5.74) is 5.08. The van der Waals surface area contributed by atoms with Crippen LogP contribution in [0, 0.1) is 0 Å². The molecule has 0 aromatic heterocycles. The van der Waals surface area contributed by atoms with Crippen molar-refractivity contribution >= 4 is 11.9 Å². The number of rotatable bonds is 4. The molecule has 1 heterocycles. The smallest absolute Gasteiger partial charge is 0.323 e. The van der Waals surface area contributed by atoms with Gasteiger partial charge in [0.15, 0.2) is 0 Å². The Morgan fingerprint density at radius 1 is 1.57 bits per heavy atom.